The first-order valence-electron chi connectivity index (χ1n) is 21.9. The molecule has 4 rings (SSSR count). The van der Waals surface area contributed by atoms with Gasteiger partial charge in [0.2, 0.25) is 0 Å². The van der Waals surface area contributed by atoms with E-state index >= 15 is 0 Å². The van der Waals surface area contributed by atoms with Crippen molar-refractivity contribution in [2.45, 2.75) is 121 Å². The molecule has 0 spiro atoms. The normalized spacial score (nSPS) is 52.4. The summed E-state index contributed by atoms with van der Waals surface area (Å²) >= 11 is 0. The predicted molar refractivity (Wildman–Crippen MR) is 212 cm³/mol. The van der Waals surface area contributed by atoms with Gasteiger partial charge in [-0.15, -0.1) is 0 Å². The summed E-state index contributed by atoms with van der Waals surface area (Å²) in [5.74, 6) is 7.30. The van der Waals surface area contributed by atoms with Gasteiger partial charge in [0.15, 0.2) is 0 Å². The van der Waals surface area contributed by atoms with Crippen LogP contribution in [0, 0.1) is 118 Å². The largest absolute Gasteiger partial charge is 0.390 e. The summed E-state index contributed by atoms with van der Waals surface area (Å²) in [6, 6.07) is 0. The van der Waals surface area contributed by atoms with Crippen LogP contribution in [0.3, 0.4) is 0 Å². The van der Waals surface area contributed by atoms with Crippen LogP contribution in [0.1, 0.15) is 96.9 Å². The van der Waals surface area contributed by atoms with E-state index in [0.29, 0.717) is 111 Å². The van der Waals surface area contributed by atoms with Crippen molar-refractivity contribution >= 4 is 0 Å². The van der Waals surface area contributed by atoms with E-state index in [-0.39, 0.29) is 47.3 Å². The third-order valence-corrected chi connectivity index (χ3v) is 18.2. The van der Waals surface area contributed by atoms with Gasteiger partial charge in [0.25, 0.3) is 0 Å². The maximum atomic E-state index is 11.7. The fourth-order valence-electron chi connectivity index (χ4n) is 12.1. The molecule has 0 aromatic heterocycles. The Bertz CT molecular complexity index is 1040. The molecule has 0 bridgehead atoms. The van der Waals surface area contributed by atoms with Gasteiger partial charge in [-0.1, -0.05) is 96.9 Å². The number of hydrogen-bond donors (Lipinski definition) is 4. The summed E-state index contributed by atoms with van der Waals surface area (Å²) < 4.78 is 25.1. The van der Waals surface area contributed by atoms with Crippen molar-refractivity contribution in [1.82, 2.24) is 0 Å². The molecule has 4 saturated carbocycles. The van der Waals surface area contributed by atoms with Gasteiger partial charge in [0.05, 0.1) is 50.8 Å². The lowest BCUT2D eigenvalue weighted by atomic mass is 9.59. The molecule has 8 nitrogen and oxygen atoms in total. The monoisotopic (exact) mass is 753 g/mol. The molecular weight excluding hydrogens is 668 g/mol. The van der Waals surface area contributed by atoms with E-state index in [9.17, 15) is 20.4 Å². The molecule has 4 aliphatic carbocycles. The molecule has 0 aromatic carbocycles. The third-order valence-electron chi connectivity index (χ3n) is 18.2. The van der Waals surface area contributed by atoms with Gasteiger partial charge in [0, 0.05) is 36.9 Å². The maximum absolute atomic E-state index is 11.7. The predicted octanol–water partition coefficient (Wildman–Crippen LogP) is 7.11. The van der Waals surface area contributed by atoms with E-state index in [0.717, 1.165) is 0 Å². The van der Waals surface area contributed by atoms with Crippen LogP contribution in [0.4, 0.5) is 0 Å². The lowest BCUT2D eigenvalue weighted by Gasteiger charge is -2.49. The highest BCUT2D eigenvalue weighted by Crippen LogP contribution is 2.48. The standard InChI is InChI=1S/C45H84O8/c1-22-24(3)28(7)36(29(8)25(22)4)15-50-17-38-32(11)33(12)39(43(48)42(38)47)18-52-20-41-35(14)34(13)40(44(49)45(41)53-21-46)19-51-16-37-30(9)26(5)23(2)27(6)31(37)10/h22-49H,15-21H2,1-14H3. The molecule has 0 amide bonds. The topological polar surface area (TPSA) is 118 Å². The molecule has 20 atom stereocenters. The minimum Gasteiger partial charge on any atom is -0.390 e. The van der Waals surface area contributed by atoms with Crippen molar-refractivity contribution in [2.75, 3.05) is 46.4 Å². The summed E-state index contributed by atoms with van der Waals surface area (Å²) in [6.07, 6.45) is -3.18. The number of aliphatic hydroxyl groups is 4. The van der Waals surface area contributed by atoms with Crippen molar-refractivity contribution in [3.63, 3.8) is 0 Å². The Morgan fingerprint density at radius 1 is 0.302 bits per heavy atom. The Kier molecular flexibility index (Phi) is 16.6. The minimum absolute atomic E-state index is 0.115. The van der Waals surface area contributed by atoms with Crippen molar-refractivity contribution in [2.24, 2.45) is 118 Å². The summed E-state index contributed by atoms with van der Waals surface area (Å²) in [7, 11) is 0. The molecule has 0 aliphatic heterocycles. The summed E-state index contributed by atoms with van der Waals surface area (Å²) in [6.45, 7) is 34.9. The van der Waals surface area contributed by atoms with Crippen LogP contribution >= 0.6 is 0 Å². The lowest BCUT2D eigenvalue weighted by molar-refractivity contribution is -0.201. The second kappa shape index (κ2) is 19.4. The van der Waals surface area contributed by atoms with Gasteiger partial charge < -0.3 is 39.4 Å². The molecule has 4 fully saturated rings. The number of aliphatic hydroxyl groups excluding tert-OH is 4. The highest BCUT2D eigenvalue weighted by atomic mass is 16.6. The molecule has 4 aliphatic rings. The zero-order valence-corrected chi connectivity index (χ0v) is 36.2. The van der Waals surface area contributed by atoms with Gasteiger partial charge >= 0.3 is 0 Å². The number of ether oxygens (including phenoxy) is 4. The summed E-state index contributed by atoms with van der Waals surface area (Å²) in [4.78, 5) is 0. The van der Waals surface area contributed by atoms with Crippen LogP contribution in [0.25, 0.3) is 0 Å². The Labute approximate surface area is 324 Å². The van der Waals surface area contributed by atoms with E-state index in [4.69, 9.17) is 18.9 Å². The summed E-state index contributed by atoms with van der Waals surface area (Å²) in [5.41, 5.74) is 0. The first kappa shape index (κ1) is 45.4. The molecule has 53 heavy (non-hydrogen) atoms. The van der Waals surface area contributed by atoms with Crippen molar-refractivity contribution in [1.29, 1.82) is 0 Å². The van der Waals surface area contributed by atoms with Gasteiger partial charge in [0.1, 0.15) is 6.79 Å². The fourth-order valence-corrected chi connectivity index (χ4v) is 12.1. The molecular formula is C45H84O8. The zero-order valence-electron chi connectivity index (χ0n) is 36.2. The van der Waals surface area contributed by atoms with Gasteiger partial charge in [-0.2, -0.15) is 0 Å². The molecule has 20 unspecified atom stereocenters. The molecule has 8 heteroatoms. The Balaban J connectivity index is 1.30. The fraction of sp³-hybridized carbons (Fsp3) is 1.00. The number of rotatable bonds is 14. The molecule has 0 saturated heterocycles. The van der Waals surface area contributed by atoms with E-state index in [2.05, 4.69) is 96.9 Å². The van der Waals surface area contributed by atoms with Gasteiger partial charge in [-0.05, 0) is 94.7 Å². The Hall–Kier alpha value is -0.320. The Morgan fingerprint density at radius 2 is 0.528 bits per heavy atom. The van der Waals surface area contributed by atoms with Crippen LogP contribution in [0.15, 0.2) is 0 Å². The highest BCUT2D eigenvalue weighted by molar-refractivity contribution is 4.98. The first-order valence-corrected chi connectivity index (χ1v) is 21.9. The smallest absolute Gasteiger partial charge is 0.144 e. The van der Waals surface area contributed by atoms with Crippen molar-refractivity contribution in [3.05, 3.63) is 0 Å². The Morgan fingerprint density at radius 3 is 0.849 bits per heavy atom. The van der Waals surface area contributed by atoms with Crippen LogP contribution in [0.2, 0.25) is 0 Å². The van der Waals surface area contributed by atoms with E-state index in [1.54, 1.807) is 0 Å². The molecule has 0 aromatic rings. The van der Waals surface area contributed by atoms with E-state index in [1.165, 1.54) is 0 Å². The molecule has 312 valence electrons. The molecule has 0 radical (unpaired) electrons. The van der Waals surface area contributed by atoms with Crippen LogP contribution in [0.5, 0.6) is 0 Å². The average Bonchev–Trinajstić information content (AvgIpc) is 3.14. The van der Waals surface area contributed by atoms with E-state index < -0.39 is 31.2 Å². The van der Waals surface area contributed by atoms with Crippen molar-refractivity contribution < 1.29 is 39.4 Å². The lowest BCUT2D eigenvalue weighted by Crippen LogP contribution is -2.56. The molecule has 4 N–H and O–H groups in total. The zero-order chi connectivity index (χ0) is 39.6. The summed E-state index contributed by atoms with van der Waals surface area (Å²) in [5, 5.41) is 44.4. The van der Waals surface area contributed by atoms with Crippen LogP contribution in [-0.2, 0) is 18.9 Å². The molecule has 0 heterocycles. The van der Waals surface area contributed by atoms with Crippen molar-refractivity contribution in [3.8, 4) is 0 Å². The average molecular weight is 753 g/mol. The SMILES string of the molecule is CC1C(C)C(C)C(COCC2C(C)C(C)C(COCC3C(C)C(C)C(COCC4C(C)C(C)C(C)C(C)C4C)C(O)C3OCO)C(O)C2O)C(C)C1C. The van der Waals surface area contributed by atoms with Gasteiger partial charge in [-0.3, -0.25) is 0 Å². The van der Waals surface area contributed by atoms with E-state index in [1.807, 2.05) is 0 Å². The quantitative estimate of drug-likeness (QED) is 0.139. The first-order chi connectivity index (χ1) is 24.9. The number of hydrogen-bond acceptors (Lipinski definition) is 8. The van der Waals surface area contributed by atoms with Gasteiger partial charge in [-0.25, -0.2) is 0 Å². The van der Waals surface area contributed by atoms with Crippen LogP contribution in [-0.4, -0.2) is 91.3 Å². The highest BCUT2D eigenvalue weighted by Gasteiger charge is 2.50. The second-order valence-corrected chi connectivity index (χ2v) is 19.9. The van der Waals surface area contributed by atoms with Crippen LogP contribution < -0.4 is 0 Å². The second-order valence-electron chi connectivity index (χ2n) is 19.9. The third kappa shape index (κ3) is 9.37. The maximum Gasteiger partial charge on any atom is 0.144 e. The minimum atomic E-state index is -0.911.